The SMILES string of the molecule is CCN(c1cccc(N)c1)S(=O)(=O)c1ccccc1. The molecule has 0 atom stereocenters. The molecule has 0 aromatic heterocycles. The van der Waals surface area contributed by atoms with E-state index in [0.29, 0.717) is 17.9 Å². The molecule has 5 heteroatoms. The Morgan fingerprint density at radius 1 is 1.05 bits per heavy atom. The van der Waals surface area contributed by atoms with Crippen molar-refractivity contribution in [2.75, 3.05) is 16.6 Å². The van der Waals surface area contributed by atoms with E-state index < -0.39 is 10.0 Å². The van der Waals surface area contributed by atoms with Gasteiger partial charge in [-0.05, 0) is 37.3 Å². The summed E-state index contributed by atoms with van der Waals surface area (Å²) in [5.41, 5.74) is 6.83. The van der Waals surface area contributed by atoms with Crippen molar-refractivity contribution >= 4 is 21.4 Å². The number of hydrogen-bond acceptors (Lipinski definition) is 3. The van der Waals surface area contributed by atoms with Crippen molar-refractivity contribution < 1.29 is 8.42 Å². The fourth-order valence-electron chi connectivity index (χ4n) is 1.89. The molecule has 2 N–H and O–H groups in total. The minimum atomic E-state index is -3.54. The van der Waals surface area contributed by atoms with Gasteiger partial charge in [0.25, 0.3) is 10.0 Å². The molecule has 19 heavy (non-hydrogen) atoms. The molecule has 0 aliphatic rings. The van der Waals surface area contributed by atoms with Crippen LogP contribution in [0.2, 0.25) is 0 Å². The predicted octanol–water partition coefficient (Wildman–Crippen LogP) is 2.48. The molecule has 0 saturated carbocycles. The standard InChI is InChI=1S/C14H16N2O2S/c1-2-16(13-8-6-7-12(15)11-13)19(17,18)14-9-4-3-5-10-14/h3-11H,2,15H2,1H3. The molecule has 0 unspecified atom stereocenters. The summed E-state index contributed by atoms with van der Waals surface area (Å²) in [6.45, 7) is 2.14. The fraction of sp³-hybridized carbons (Fsp3) is 0.143. The molecule has 0 radical (unpaired) electrons. The Bertz CT molecular complexity index is 654. The number of rotatable bonds is 4. The van der Waals surface area contributed by atoms with Gasteiger partial charge in [0.05, 0.1) is 10.6 Å². The van der Waals surface area contributed by atoms with Gasteiger partial charge < -0.3 is 5.73 Å². The second-order valence-electron chi connectivity index (χ2n) is 4.08. The second kappa shape index (κ2) is 5.32. The van der Waals surface area contributed by atoms with Gasteiger partial charge in [-0.2, -0.15) is 0 Å². The first-order valence-electron chi connectivity index (χ1n) is 5.99. The van der Waals surface area contributed by atoms with E-state index >= 15 is 0 Å². The lowest BCUT2D eigenvalue weighted by molar-refractivity contribution is 0.592. The van der Waals surface area contributed by atoms with Crippen molar-refractivity contribution in [1.82, 2.24) is 0 Å². The summed E-state index contributed by atoms with van der Waals surface area (Å²) >= 11 is 0. The predicted molar refractivity (Wildman–Crippen MR) is 77.5 cm³/mol. The van der Waals surface area contributed by atoms with E-state index in [1.807, 2.05) is 0 Å². The quantitative estimate of drug-likeness (QED) is 0.873. The molecular weight excluding hydrogens is 260 g/mol. The van der Waals surface area contributed by atoms with Crippen LogP contribution in [0, 0.1) is 0 Å². The van der Waals surface area contributed by atoms with Gasteiger partial charge in [-0.1, -0.05) is 24.3 Å². The maximum atomic E-state index is 12.6. The highest BCUT2D eigenvalue weighted by Crippen LogP contribution is 2.24. The van der Waals surface area contributed by atoms with E-state index in [-0.39, 0.29) is 4.90 Å². The Balaban J connectivity index is 2.48. The Labute approximate surface area is 113 Å². The zero-order valence-electron chi connectivity index (χ0n) is 10.7. The van der Waals surface area contributed by atoms with E-state index in [9.17, 15) is 8.42 Å². The van der Waals surface area contributed by atoms with Crippen LogP contribution >= 0.6 is 0 Å². The van der Waals surface area contributed by atoms with Crippen molar-refractivity contribution in [3.63, 3.8) is 0 Å². The molecule has 0 fully saturated rings. The Morgan fingerprint density at radius 3 is 2.32 bits per heavy atom. The number of sulfonamides is 1. The van der Waals surface area contributed by atoms with E-state index in [4.69, 9.17) is 5.73 Å². The van der Waals surface area contributed by atoms with E-state index in [1.54, 1.807) is 61.5 Å². The van der Waals surface area contributed by atoms with Crippen LogP contribution in [0.4, 0.5) is 11.4 Å². The highest BCUT2D eigenvalue weighted by molar-refractivity contribution is 7.92. The normalized spacial score (nSPS) is 11.2. The van der Waals surface area contributed by atoms with Crippen LogP contribution in [0.1, 0.15) is 6.92 Å². The minimum absolute atomic E-state index is 0.277. The molecule has 0 aliphatic heterocycles. The molecule has 0 saturated heterocycles. The average Bonchev–Trinajstić information content (AvgIpc) is 2.40. The van der Waals surface area contributed by atoms with Crippen LogP contribution in [0.25, 0.3) is 0 Å². The van der Waals surface area contributed by atoms with Crippen LogP contribution in [-0.4, -0.2) is 15.0 Å². The van der Waals surface area contributed by atoms with Crippen molar-refractivity contribution in [1.29, 1.82) is 0 Å². The number of benzene rings is 2. The third-order valence-corrected chi connectivity index (χ3v) is 4.69. The molecule has 0 bridgehead atoms. The van der Waals surface area contributed by atoms with Crippen LogP contribution in [0.15, 0.2) is 59.5 Å². The second-order valence-corrected chi connectivity index (χ2v) is 5.94. The molecule has 0 spiro atoms. The topological polar surface area (TPSA) is 63.4 Å². The minimum Gasteiger partial charge on any atom is -0.399 e. The van der Waals surface area contributed by atoms with Crippen molar-refractivity contribution in [2.24, 2.45) is 0 Å². The molecule has 2 aromatic carbocycles. The highest BCUT2D eigenvalue weighted by atomic mass is 32.2. The van der Waals surface area contributed by atoms with Gasteiger partial charge in [0.15, 0.2) is 0 Å². The summed E-state index contributed by atoms with van der Waals surface area (Å²) in [7, 11) is -3.54. The third kappa shape index (κ3) is 2.71. The van der Waals surface area contributed by atoms with Crippen LogP contribution < -0.4 is 10.0 Å². The van der Waals surface area contributed by atoms with Crippen molar-refractivity contribution in [3.05, 3.63) is 54.6 Å². The summed E-state index contributed by atoms with van der Waals surface area (Å²) in [4.78, 5) is 0.277. The maximum absolute atomic E-state index is 12.6. The number of anilines is 2. The average molecular weight is 276 g/mol. The molecule has 100 valence electrons. The first-order valence-corrected chi connectivity index (χ1v) is 7.43. The first kappa shape index (κ1) is 13.4. The molecule has 0 heterocycles. The molecule has 2 rings (SSSR count). The monoisotopic (exact) mass is 276 g/mol. The number of nitrogen functional groups attached to an aromatic ring is 1. The smallest absolute Gasteiger partial charge is 0.264 e. The fourth-order valence-corrected chi connectivity index (χ4v) is 3.38. The lowest BCUT2D eigenvalue weighted by atomic mass is 10.3. The van der Waals surface area contributed by atoms with Crippen LogP contribution in [-0.2, 0) is 10.0 Å². The maximum Gasteiger partial charge on any atom is 0.264 e. The van der Waals surface area contributed by atoms with Crippen LogP contribution in [0.5, 0.6) is 0 Å². The molecule has 0 aliphatic carbocycles. The van der Waals surface area contributed by atoms with E-state index in [1.165, 1.54) is 4.31 Å². The lowest BCUT2D eigenvalue weighted by Crippen LogP contribution is -2.30. The van der Waals surface area contributed by atoms with E-state index in [0.717, 1.165) is 0 Å². The van der Waals surface area contributed by atoms with Gasteiger partial charge in [0, 0.05) is 12.2 Å². The molecule has 2 aromatic rings. The van der Waals surface area contributed by atoms with Gasteiger partial charge >= 0.3 is 0 Å². The number of nitrogens with zero attached hydrogens (tertiary/aromatic N) is 1. The molecular formula is C14H16N2O2S. The van der Waals surface area contributed by atoms with Crippen LogP contribution in [0.3, 0.4) is 0 Å². The van der Waals surface area contributed by atoms with Crippen molar-refractivity contribution in [3.8, 4) is 0 Å². The Hall–Kier alpha value is -2.01. The third-order valence-electron chi connectivity index (χ3n) is 2.78. The van der Waals surface area contributed by atoms with Gasteiger partial charge in [0.2, 0.25) is 0 Å². The summed E-state index contributed by atoms with van der Waals surface area (Å²) < 4.78 is 26.5. The first-order chi connectivity index (χ1) is 9.05. The van der Waals surface area contributed by atoms with Gasteiger partial charge in [0.1, 0.15) is 0 Å². The van der Waals surface area contributed by atoms with Crippen molar-refractivity contribution in [2.45, 2.75) is 11.8 Å². The number of hydrogen-bond donors (Lipinski definition) is 1. The summed E-state index contributed by atoms with van der Waals surface area (Å²) in [6.07, 6.45) is 0. The zero-order chi connectivity index (χ0) is 13.9. The van der Waals surface area contributed by atoms with E-state index in [2.05, 4.69) is 0 Å². The summed E-state index contributed by atoms with van der Waals surface area (Å²) in [6, 6.07) is 15.2. The largest absolute Gasteiger partial charge is 0.399 e. The summed E-state index contributed by atoms with van der Waals surface area (Å²) in [5.74, 6) is 0. The zero-order valence-corrected chi connectivity index (χ0v) is 11.5. The highest BCUT2D eigenvalue weighted by Gasteiger charge is 2.23. The summed E-state index contributed by atoms with van der Waals surface area (Å²) in [5, 5.41) is 0. The molecule has 4 nitrogen and oxygen atoms in total. The lowest BCUT2D eigenvalue weighted by Gasteiger charge is -2.23. The molecule has 0 amide bonds. The van der Waals surface area contributed by atoms with Gasteiger partial charge in [-0.25, -0.2) is 8.42 Å². The Kier molecular flexibility index (Phi) is 3.76. The number of nitrogens with two attached hydrogens (primary N) is 1. The van der Waals surface area contributed by atoms with Gasteiger partial charge in [-0.15, -0.1) is 0 Å². The van der Waals surface area contributed by atoms with Gasteiger partial charge in [-0.3, -0.25) is 4.31 Å². The Morgan fingerprint density at radius 2 is 1.74 bits per heavy atom.